The predicted molar refractivity (Wildman–Crippen MR) is 171 cm³/mol. The fraction of sp³-hybridized carbons (Fsp3) is 0.545. The molecule has 1 aromatic heterocycles. The minimum absolute atomic E-state index is 0.0210. The Labute approximate surface area is 275 Å². The molecule has 2 fully saturated rings. The number of carboxylic acid groups (broad SMARTS) is 2. The summed E-state index contributed by atoms with van der Waals surface area (Å²) in [4.78, 5) is 37.2. The summed E-state index contributed by atoms with van der Waals surface area (Å²) in [5, 5.41) is 62.0. The van der Waals surface area contributed by atoms with Gasteiger partial charge in [0.05, 0.1) is 22.6 Å². The molecule has 4 rings (SSSR count). The quantitative estimate of drug-likeness (QED) is 0.126. The summed E-state index contributed by atoms with van der Waals surface area (Å²) < 4.78 is 12.5. The number of fused-ring (bicyclic) bond motifs is 1. The first-order valence-electron chi connectivity index (χ1n) is 15.2. The van der Waals surface area contributed by atoms with Crippen molar-refractivity contribution >= 4 is 50.7 Å². The van der Waals surface area contributed by atoms with Crippen LogP contribution in [0.5, 0.6) is 0 Å². The zero-order valence-corrected chi connectivity index (χ0v) is 27.1. The van der Waals surface area contributed by atoms with Crippen molar-refractivity contribution in [3.05, 3.63) is 58.5 Å². The molecule has 0 radical (unpaired) electrons. The Morgan fingerprint density at radius 3 is 2.50 bits per heavy atom. The van der Waals surface area contributed by atoms with Gasteiger partial charge in [0.15, 0.2) is 12.4 Å². The van der Waals surface area contributed by atoms with Crippen LogP contribution >= 0.6 is 22.9 Å². The van der Waals surface area contributed by atoms with E-state index in [1.54, 1.807) is 43.4 Å². The zero-order valence-electron chi connectivity index (χ0n) is 25.6. The molecule has 1 aromatic carbocycles. The molecule has 6 N–H and O–H groups in total. The molecule has 46 heavy (non-hydrogen) atoms. The Kier molecular flexibility index (Phi) is 12.2. The minimum atomic E-state index is -1.90. The number of carbonyl (C=O) groups is 3. The lowest BCUT2D eigenvalue weighted by molar-refractivity contribution is -0.311. The van der Waals surface area contributed by atoms with Gasteiger partial charge in [-0.05, 0) is 38.2 Å². The molecule has 13 heteroatoms. The first-order chi connectivity index (χ1) is 21.7. The molecule has 9 atom stereocenters. The second-order valence-electron chi connectivity index (χ2n) is 12.4. The molecular weight excluding hydrogens is 640 g/mol. The number of benzene rings is 1. The Hall–Kier alpha value is -2.68. The van der Waals surface area contributed by atoms with Crippen molar-refractivity contribution in [3.63, 3.8) is 0 Å². The molecule has 1 aliphatic heterocycles. The third kappa shape index (κ3) is 8.06. The maximum absolute atomic E-state index is 13.8. The van der Waals surface area contributed by atoms with Crippen molar-refractivity contribution in [1.82, 2.24) is 0 Å². The van der Waals surface area contributed by atoms with Gasteiger partial charge < -0.3 is 40.1 Å². The molecule has 0 spiro atoms. The molecule has 252 valence electrons. The lowest BCUT2D eigenvalue weighted by Crippen LogP contribution is -2.61. The van der Waals surface area contributed by atoms with E-state index in [2.05, 4.69) is 0 Å². The van der Waals surface area contributed by atoms with Crippen LogP contribution in [0.3, 0.4) is 0 Å². The lowest BCUT2D eigenvalue weighted by atomic mass is 9.86. The van der Waals surface area contributed by atoms with Crippen molar-refractivity contribution in [2.75, 3.05) is 0 Å². The number of halogens is 1. The number of aliphatic hydroxyl groups is 4. The number of ketones is 1. The van der Waals surface area contributed by atoms with Gasteiger partial charge in [-0.25, -0.2) is 4.79 Å². The topological polar surface area (TPSA) is 191 Å². The zero-order chi connectivity index (χ0) is 33.8. The highest BCUT2D eigenvalue weighted by Gasteiger charge is 2.57. The van der Waals surface area contributed by atoms with Crippen LogP contribution in [0, 0.1) is 17.3 Å². The lowest BCUT2D eigenvalue weighted by Gasteiger charge is -2.41. The van der Waals surface area contributed by atoms with Gasteiger partial charge in [0.1, 0.15) is 24.1 Å². The van der Waals surface area contributed by atoms with Gasteiger partial charge in [-0.3, -0.25) is 9.59 Å². The number of carboxylic acids is 2. The van der Waals surface area contributed by atoms with Crippen LogP contribution in [0.4, 0.5) is 0 Å². The van der Waals surface area contributed by atoms with E-state index in [1.807, 2.05) is 30.3 Å². The van der Waals surface area contributed by atoms with Crippen molar-refractivity contribution in [1.29, 1.82) is 0 Å². The van der Waals surface area contributed by atoms with E-state index in [9.17, 15) is 39.9 Å². The average molecular weight is 681 g/mol. The number of hydrogen-bond acceptors (Lipinski definition) is 10. The number of carbonyl (C=O) groups excluding carboxylic acids is 1. The number of Topliss-reactive ketones (excluding diaryl/α,β-unsaturated/α-hetero) is 1. The van der Waals surface area contributed by atoms with Crippen LogP contribution in [0.1, 0.15) is 50.8 Å². The van der Waals surface area contributed by atoms with E-state index in [-0.39, 0.29) is 18.6 Å². The molecule has 0 amide bonds. The molecule has 1 saturated heterocycles. The first-order valence-corrected chi connectivity index (χ1v) is 16.4. The Bertz CT molecular complexity index is 1450. The van der Waals surface area contributed by atoms with Crippen molar-refractivity contribution in [2.45, 2.75) is 95.3 Å². The molecule has 2 unspecified atom stereocenters. The van der Waals surface area contributed by atoms with Crippen molar-refractivity contribution < 1.29 is 54.5 Å². The molecule has 11 nitrogen and oxygen atoms in total. The van der Waals surface area contributed by atoms with E-state index in [4.69, 9.17) is 26.2 Å². The normalized spacial score (nSPS) is 30.5. The van der Waals surface area contributed by atoms with E-state index < -0.39 is 72.1 Å². The maximum atomic E-state index is 13.8. The Balaban J connectivity index is 1.54. The number of unbranched alkanes of at least 4 members (excludes halogenated alkanes) is 1. The number of ether oxygens (including phenoxy) is 2. The summed E-state index contributed by atoms with van der Waals surface area (Å²) in [7, 11) is 0. The van der Waals surface area contributed by atoms with Crippen LogP contribution in [0.15, 0.2) is 48.6 Å². The number of aryl methyl sites for hydroxylation is 1. The van der Waals surface area contributed by atoms with Crippen LogP contribution in [-0.4, -0.2) is 91.3 Å². The second kappa shape index (κ2) is 15.5. The largest absolute Gasteiger partial charge is 0.481 e. The van der Waals surface area contributed by atoms with Gasteiger partial charge in [0.25, 0.3) is 0 Å². The molecule has 2 aliphatic rings. The summed E-state index contributed by atoms with van der Waals surface area (Å²) in [6.45, 7) is 3.32. The smallest absolute Gasteiger partial charge is 0.335 e. The van der Waals surface area contributed by atoms with E-state index in [0.717, 1.165) is 15.0 Å². The van der Waals surface area contributed by atoms with Crippen molar-refractivity contribution in [2.24, 2.45) is 17.3 Å². The van der Waals surface area contributed by atoms with Crippen molar-refractivity contribution in [3.8, 4) is 0 Å². The fourth-order valence-electron chi connectivity index (χ4n) is 6.14. The van der Waals surface area contributed by atoms with Gasteiger partial charge >= 0.3 is 11.9 Å². The first kappa shape index (κ1) is 36.2. The van der Waals surface area contributed by atoms with Gasteiger partial charge in [0.2, 0.25) is 0 Å². The molecule has 2 heterocycles. The fourth-order valence-corrected chi connectivity index (χ4v) is 7.69. The third-order valence-electron chi connectivity index (χ3n) is 8.73. The second-order valence-corrected chi connectivity index (χ2v) is 13.9. The number of aliphatic hydroxyl groups excluding tert-OH is 4. The number of allylic oxidation sites excluding steroid dienone is 2. The number of aliphatic carboxylic acids is 2. The summed E-state index contributed by atoms with van der Waals surface area (Å²) >= 11 is 8.13. The van der Waals surface area contributed by atoms with Crippen LogP contribution in [-0.2, 0) is 30.3 Å². The maximum Gasteiger partial charge on any atom is 0.335 e. The standard InChI is InChI=1S/C33H41ClO11S/c1-33(2)29(41)18(9-5-3-4-6-12-23(36)37)19(30(33)45-32-27(40)25(38)26(39)28(44-32)31(42)43)15-13-17(35)14-16-22-24(34)20-10-7-8-11-21(20)46-22/h3,5,7-8,10-11,13,15,17-19,25-28,30,32,35,38-40H,4,6,9,12,14,16H2,1-2H3,(H,36,37)(H,42,43)/t17?,18-,19-,25+,26+,27-,28+,30+,32?/m1/s1. The van der Waals surface area contributed by atoms with E-state index >= 15 is 0 Å². The Morgan fingerprint density at radius 1 is 1.11 bits per heavy atom. The van der Waals surface area contributed by atoms with Gasteiger partial charge in [0, 0.05) is 33.2 Å². The molecule has 2 aromatic rings. The van der Waals surface area contributed by atoms with Gasteiger partial charge in [-0.1, -0.05) is 68.0 Å². The summed E-state index contributed by atoms with van der Waals surface area (Å²) in [6, 6.07) is 7.77. The SMILES string of the molecule is CC1(C)C(=O)[C@H](CC=CCCCC(=O)O)[C@@H](C=CC(O)CCc2sc3ccccc3c2Cl)[C@@H]1OC1O[C@H](C(=O)O)[C@@H](O)[C@H](O)[C@H]1O. The summed E-state index contributed by atoms with van der Waals surface area (Å²) in [5.41, 5.74) is -1.16. The third-order valence-corrected chi connectivity index (χ3v) is 10.5. The predicted octanol–water partition coefficient (Wildman–Crippen LogP) is 3.72. The highest BCUT2D eigenvalue weighted by molar-refractivity contribution is 7.19. The summed E-state index contributed by atoms with van der Waals surface area (Å²) in [5.74, 6) is -3.92. The molecule has 1 saturated carbocycles. The highest BCUT2D eigenvalue weighted by atomic mass is 35.5. The Morgan fingerprint density at radius 2 is 1.83 bits per heavy atom. The minimum Gasteiger partial charge on any atom is -0.481 e. The molecule has 1 aliphatic carbocycles. The number of thiophene rings is 1. The van der Waals surface area contributed by atoms with Crippen LogP contribution < -0.4 is 0 Å². The number of rotatable bonds is 14. The highest BCUT2D eigenvalue weighted by Crippen LogP contribution is 2.48. The monoisotopic (exact) mass is 680 g/mol. The summed E-state index contributed by atoms with van der Waals surface area (Å²) in [6.07, 6.45) is -1.99. The average Bonchev–Trinajstić information content (AvgIpc) is 3.42. The van der Waals surface area contributed by atoms with E-state index in [1.165, 1.54) is 0 Å². The van der Waals surface area contributed by atoms with Gasteiger partial charge in [-0.2, -0.15) is 0 Å². The van der Waals surface area contributed by atoms with Crippen LogP contribution in [0.25, 0.3) is 10.1 Å². The van der Waals surface area contributed by atoms with Crippen LogP contribution in [0.2, 0.25) is 5.02 Å². The van der Waals surface area contributed by atoms with Gasteiger partial charge in [-0.15, -0.1) is 11.3 Å². The molecular formula is C33H41ClO11S. The molecule has 0 bridgehead atoms. The van der Waals surface area contributed by atoms with E-state index in [0.29, 0.717) is 30.7 Å². The number of hydrogen-bond donors (Lipinski definition) is 6.